The predicted octanol–water partition coefficient (Wildman–Crippen LogP) is 1.34. The van der Waals surface area contributed by atoms with Crippen LogP contribution in [0.15, 0.2) is 24.3 Å². The monoisotopic (exact) mass is 264 g/mol. The SMILES string of the molecule is COc1ccccc1C(=O)NCCCCNC(C)=O. The molecule has 2 amide bonds. The lowest BCUT2D eigenvalue weighted by molar-refractivity contribution is -0.118. The van der Waals surface area contributed by atoms with Gasteiger partial charge in [-0.3, -0.25) is 9.59 Å². The molecule has 5 nitrogen and oxygen atoms in total. The maximum Gasteiger partial charge on any atom is 0.255 e. The summed E-state index contributed by atoms with van der Waals surface area (Å²) in [4.78, 5) is 22.5. The number of rotatable bonds is 7. The maximum absolute atomic E-state index is 11.9. The van der Waals surface area contributed by atoms with Crippen molar-refractivity contribution in [1.82, 2.24) is 10.6 Å². The fraction of sp³-hybridized carbons (Fsp3) is 0.429. The number of hydrogen-bond donors (Lipinski definition) is 2. The van der Waals surface area contributed by atoms with Gasteiger partial charge in [0.05, 0.1) is 12.7 Å². The number of hydrogen-bond acceptors (Lipinski definition) is 3. The molecular formula is C14H20N2O3. The van der Waals surface area contributed by atoms with Crippen LogP contribution in [0.1, 0.15) is 30.1 Å². The van der Waals surface area contributed by atoms with Crippen LogP contribution in [0, 0.1) is 0 Å². The van der Waals surface area contributed by atoms with Crippen molar-refractivity contribution < 1.29 is 14.3 Å². The Morgan fingerprint density at radius 2 is 1.74 bits per heavy atom. The largest absolute Gasteiger partial charge is 0.496 e. The van der Waals surface area contributed by atoms with Crippen molar-refractivity contribution in [2.75, 3.05) is 20.2 Å². The third kappa shape index (κ3) is 5.42. The molecule has 0 aliphatic carbocycles. The molecule has 1 aromatic carbocycles. The zero-order valence-corrected chi connectivity index (χ0v) is 11.4. The average molecular weight is 264 g/mol. The van der Waals surface area contributed by atoms with Gasteiger partial charge in [0.2, 0.25) is 5.91 Å². The third-order valence-electron chi connectivity index (χ3n) is 2.61. The summed E-state index contributed by atoms with van der Waals surface area (Å²) in [5.41, 5.74) is 0.534. The van der Waals surface area contributed by atoms with Crippen LogP contribution >= 0.6 is 0 Å². The van der Waals surface area contributed by atoms with Crippen LogP contribution in [0.4, 0.5) is 0 Å². The highest BCUT2D eigenvalue weighted by molar-refractivity contribution is 5.96. The first-order valence-electron chi connectivity index (χ1n) is 6.31. The van der Waals surface area contributed by atoms with Gasteiger partial charge in [-0.1, -0.05) is 12.1 Å². The minimum atomic E-state index is -0.142. The van der Waals surface area contributed by atoms with Gasteiger partial charge in [0, 0.05) is 20.0 Å². The Hall–Kier alpha value is -2.04. The Morgan fingerprint density at radius 1 is 1.11 bits per heavy atom. The highest BCUT2D eigenvalue weighted by Gasteiger charge is 2.09. The predicted molar refractivity (Wildman–Crippen MR) is 73.2 cm³/mol. The van der Waals surface area contributed by atoms with Crippen LogP contribution in [0.5, 0.6) is 5.75 Å². The molecule has 0 aromatic heterocycles. The van der Waals surface area contributed by atoms with Crippen LogP contribution < -0.4 is 15.4 Å². The van der Waals surface area contributed by atoms with E-state index in [0.717, 1.165) is 12.8 Å². The van der Waals surface area contributed by atoms with Crippen molar-refractivity contribution in [3.63, 3.8) is 0 Å². The van der Waals surface area contributed by atoms with Gasteiger partial charge in [0.1, 0.15) is 5.75 Å². The Balaban J connectivity index is 2.29. The molecule has 0 saturated heterocycles. The molecule has 1 rings (SSSR count). The van der Waals surface area contributed by atoms with Gasteiger partial charge in [-0.05, 0) is 25.0 Å². The van der Waals surface area contributed by atoms with Crippen molar-refractivity contribution in [3.8, 4) is 5.75 Å². The normalized spacial score (nSPS) is 9.79. The number of methoxy groups -OCH3 is 1. The highest BCUT2D eigenvalue weighted by atomic mass is 16.5. The molecule has 0 aliphatic heterocycles. The fourth-order valence-electron chi connectivity index (χ4n) is 1.64. The van der Waals surface area contributed by atoms with E-state index in [2.05, 4.69) is 10.6 Å². The summed E-state index contributed by atoms with van der Waals surface area (Å²) in [6.45, 7) is 2.71. The van der Waals surface area contributed by atoms with Crippen molar-refractivity contribution in [3.05, 3.63) is 29.8 Å². The molecular weight excluding hydrogens is 244 g/mol. The first kappa shape index (κ1) is 15.0. The molecule has 0 unspecified atom stereocenters. The number of ether oxygens (including phenoxy) is 1. The van der Waals surface area contributed by atoms with Gasteiger partial charge in [-0.2, -0.15) is 0 Å². The molecule has 2 N–H and O–H groups in total. The first-order chi connectivity index (χ1) is 9.15. The summed E-state index contributed by atoms with van der Waals surface area (Å²) < 4.78 is 5.13. The van der Waals surface area contributed by atoms with E-state index in [4.69, 9.17) is 4.74 Å². The van der Waals surface area contributed by atoms with Gasteiger partial charge in [0.25, 0.3) is 5.91 Å². The van der Waals surface area contributed by atoms with Gasteiger partial charge >= 0.3 is 0 Å². The smallest absolute Gasteiger partial charge is 0.255 e. The lowest BCUT2D eigenvalue weighted by Crippen LogP contribution is -2.26. The molecule has 0 aliphatic rings. The Kier molecular flexibility index (Phi) is 6.43. The molecule has 1 aromatic rings. The van der Waals surface area contributed by atoms with E-state index in [-0.39, 0.29) is 11.8 Å². The van der Waals surface area contributed by atoms with Gasteiger partial charge < -0.3 is 15.4 Å². The van der Waals surface area contributed by atoms with Crippen molar-refractivity contribution >= 4 is 11.8 Å². The zero-order chi connectivity index (χ0) is 14.1. The molecule has 5 heteroatoms. The minimum Gasteiger partial charge on any atom is -0.496 e. The van der Waals surface area contributed by atoms with E-state index in [1.54, 1.807) is 25.3 Å². The number of carbonyl (C=O) groups is 2. The van der Waals surface area contributed by atoms with E-state index >= 15 is 0 Å². The zero-order valence-electron chi connectivity index (χ0n) is 11.4. The number of amides is 2. The summed E-state index contributed by atoms with van der Waals surface area (Å²) in [6, 6.07) is 7.11. The summed E-state index contributed by atoms with van der Waals surface area (Å²) in [7, 11) is 1.54. The molecule has 19 heavy (non-hydrogen) atoms. The van der Waals surface area contributed by atoms with Crippen molar-refractivity contribution in [2.24, 2.45) is 0 Å². The van der Waals surface area contributed by atoms with Crippen LogP contribution in [-0.4, -0.2) is 32.0 Å². The van der Waals surface area contributed by atoms with E-state index in [9.17, 15) is 9.59 Å². The lowest BCUT2D eigenvalue weighted by atomic mass is 10.2. The lowest BCUT2D eigenvalue weighted by Gasteiger charge is -2.09. The number of carbonyl (C=O) groups excluding carboxylic acids is 2. The molecule has 0 fully saturated rings. The minimum absolute atomic E-state index is 0.0296. The molecule has 0 saturated carbocycles. The third-order valence-corrected chi connectivity index (χ3v) is 2.61. The fourth-order valence-corrected chi connectivity index (χ4v) is 1.64. The van der Waals surface area contributed by atoms with Crippen LogP contribution in [-0.2, 0) is 4.79 Å². The van der Waals surface area contributed by atoms with Gasteiger partial charge in [-0.15, -0.1) is 0 Å². The van der Waals surface area contributed by atoms with Crippen LogP contribution in [0.2, 0.25) is 0 Å². The molecule has 0 spiro atoms. The van der Waals surface area contributed by atoms with E-state index in [1.165, 1.54) is 6.92 Å². The second kappa shape index (κ2) is 8.13. The average Bonchev–Trinajstić information content (AvgIpc) is 2.42. The van der Waals surface area contributed by atoms with Crippen molar-refractivity contribution in [1.29, 1.82) is 0 Å². The summed E-state index contributed by atoms with van der Waals surface area (Å²) >= 11 is 0. The molecule has 0 heterocycles. The summed E-state index contributed by atoms with van der Waals surface area (Å²) in [5.74, 6) is 0.397. The second-order valence-corrected chi connectivity index (χ2v) is 4.15. The highest BCUT2D eigenvalue weighted by Crippen LogP contribution is 2.16. The van der Waals surface area contributed by atoms with E-state index in [1.807, 2.05) is 6.07 Å². The molecule has 0 radical (unpaired) electrons. The van der Waals surface area contributed by atoms with Crippen LogP contribution in [0.3, 0.4) is 0 Å². The van der Waals surface area contributed by atoms with E-state index < -0.39 is 0 Å². The maximum atomic E-state index is 11.9. The Labute approximate surface area is 113 Å². The Morgan fingerprint density at radius 3 is 2.37 bits per heavy atom. The summed E-state index contributed by atoms with van der Waals surface area (Å²) in [5, 5.41) is 5.54. The topological polar surface area (TPSA) is 67.4 Å². The second-order valence-electron chi connectivity index (χ2n) is 4.15. The number of unbranched alkanes of at least 4 members (excludes halogenated alkanes) is 1. The van der Waals surface area contributed by atoms with E-state index in [0.29, 0.717) is 24.4 Å². The van der Waals surface area contributed by atoms with Gasteiger partial charge in [0.15, 0.2) is 0 Å². The van der Waals surface area contributed by atoms with Crippen LogP contribution in [0.25, 0.3) is 0 Å². The van der Waals surface area contributed by atoms with Crippen molar-refractivity contribution in [2.45, 2.75) is 19.8 Å². The number of para-hydroxylation sites is 1. The molecule has 0 atom stereocenters. The van der Waals surface area contributed by atoms with Gasteiger partial charge in [-0.25, -0.2) is 0 Å². The number of benzene rings is 1. The quantitative estimate of drug-likeness (QED) is 0.730. The standard InChI is InChI=1S/C14H20N2O3/c1-11(17)15-9-5-6-10-16-14(18)12-7-3-4-8-13(12)19-2/h3-4,7-8H,5-6,9-10H2,1-2H3,(H,15,17)(H,16,18). The Bertz CT molecular complexity index is 432. The summed E-state index contributed by atoms with van der Waals surface area (Å²) in [6.07, 6.45) is 1.66. The molecule has 104 valence electrons. The first-order valence-corrected chi connectivity index (χ1v) is 6.31. The number of nitrogens with one attached hydrogen (secondary N) is 2. The molecule has 0 bridgehead atoms.